The lowest BCUT2D eigenvalue weighted by Gasteiger charge is -2.71. The number of pyridine rings is 3. The summed E-state index contributed by atoms with van der Waals surface area (Å²) in [5.41, 5.74) is -6.66. The van der Waals surface area contributed by atoms with Gasteiger partial charge >= 0.3 is 6.09 Å². The number of aliphatic hydroxyl groups excluding tert-OH is 6. The van der Waals surface area contributed by atoms with Gasteiger partial charge in [0.2, 0.25) is 16.3 Å². The van der Waals surface area contributed by atoms with E-state index in [-0.39, 0.29) is 100.0 Å². The van der Waals surface area contributed by atoms with Crippen molar-refractivity contribution in [2.24, 2.45) is 21.7 Å². The van der Waals surface area contributed by atoms with Crippen molar-refractivity contribution < 1.29 is 68.8 Å². The summed E-state index contributed by atoms with van der Waals surface area (Å²) in [6.07, 6.45) is 5.51. The Morgan fingerprint density at radius 2 is 0.768 bits per heavy atom. The maximum Gasteiger partial charge on any atom is 0.407 e. The van der Waals surface area contributed by atoms with E-state index < -0.39 is 105 Å². The average Bonchev–Trinajstić information content (AvgIpc) is 3.48. The maximum atomic E-state index is 14.9. The first-order chi connectivity index (χ1) is 38.9. The molecule has 0 aromatic carbocycles. The molecule has 4 amide bonds. The number of carbonyl (C=O) groups is 4. The van der Waals surface area contributed by atoms with Gasteiger partial charge in [-0.05, 0) is 100 Å². The number of nitrogens with zero attached hydrogens (tertiary/aromatic N) is 3. The average molecular weight is 1150 g/mol. The fourth-order valence-corrected chi connectivity index (χ4v) is 13.0. The van der Waals surface area contributed by atoms with Gasteiger partial charge in [-0.15, -0.1) is 0 Å². The maximum absolute atomic E-state index is 14.9. The highest BCUT2D eigenvalue weighted by atomic mass is 16.6. The highest BCUT2D eigenvalue weighted by Crippen LogP contribution is 2.73. The summed E-state index contributed by atoms with van der Waals surface area (Å²) in [5.74, 6) is -2.89. The van der Waals surface area contributed by atoms with E-state index >= 15 is 0 Å². The Labute approximate surface area is 477 Å². The Bertz CT molecular complexity index is 2590. The predicted octanol–water partition coefficient (Wildman–Crippen LogP) is 2.21. The van der Waals surface area contributed by atoms with E-state index in [9.17, 15) is 64.2 Å². The molecule has 0 saturated heterocycles. The van der Waals surface area contributed by atoms with Gasteiger partial charge in [0.15, 0.2) is 34.3 Å². The van der Waals surface area contributed by atoms with Crippen LogP contribution in [-0.4, -0.2) is 158 Å². The predicted molar refractivity (Wildman–Crippen MR) is 301 cm³/mol. The second-order valence-corrected chi connectivity index (χ2v) is 24.1. The lowest BCUT2D eigenvalue weighted by Crippen LogP contribution is -2.68. The minimum atomic E-state index is -1.31. The van der Waals surface area contributed by atoms with E-state index in [1.165, 1.54) is 50.5 Å². The molecule has 3 heterocycles. The van der Waals surface area contributed by atoms with Gasteiger partial charge in [-0.3, -0.25) is 28.8 Å². The summed E-state index contributed by atoms with van der Waals surface area (Å²) in [6.45, 7) is 8.52. The number of amides is 4. The van der Waals surface area contributed by atoms with E-state index in [2.05, 4.69) is 21.3 Å². The van der Waals surface area contributed by atoms with Crippen LogP contribution in [0.2, 0.25) is 0 Å². The highest BCUT2D eigenvalue weighted by Gasteiger charge is 2.68. The quantitative estimate of drug-likeness (QED) is 0.0401. The first kappa shape index (κ1) is 64.9. The number of nitrogens with one attached hydrogen (secondary N) is 4. The number of aliphatic hydroxyl groups is 6. The van der Waals surface area contributed by atoms with E-state index in [1.54, 1.807) is 20.8 Å². The molecule has 4 bridgehead atoms. The van der Waals surface area contributed by atoms with Crippen molar-refractivity contribution in [3.8, 4) is 17.2 Å². The van der Waals surface area contributed by atoms with E-state index in [4.69, 9.17) is 18.9 Å². The van der Waals surface area contributed by atoms with Crippen LogP contribution in [0.15, 0.2) is 51.2 Å². The van der Waals surface area contributed by atoms with Crippen molar-refractivity contribution in [3.05, 3.63) is 84.5 Å². The molecule has 82 heavy (non-hydrogen) atoms. The van der Waals surface area contributed by atoms with Crippen LogP contribution in [0.1, 0.15) is 150 Å². The van der Waals surface area contributed by atoms with Crippen LogP contribution in [0.3, 0.4) is 0 Å². The number of unbranched alkanes of at least 4 members (excludes halogenated alkanes) is 3. The zero-order valence-electron chi connectivity index (χ0n) is 48.4. The van der Waals surface area contributed by atoms with Crippen molar-refractivity contribution in [2.75, 3.05) is 65.8 Å². The first-order valence-corrected chi connectivity index (χ1v) is 28.7. The van der Waals surface area contributed by atoms with Crippen LogP contribution < -0.4 is 51.8 Å². The molecule has 4 aliphatic rings. The molecular formula is C58H87N7O17. The Morgan fingerprint density at radius 3 is 1.01 bits per heavy atom. The lowest BCUT2D eigenvalue weighted by atomic mass is 9.35. The Hall–Kier alpha value is -6.31. The number of ether oxygens (including phenoxy) is 4. The van der Waals surface area contributed by atoms with Gasteiger partial charge in [0.05, 0.1) is 77.6 Å². The third kappa shape index (κ3) is 16.3. The molecule has 4 aliphatic carbocycles. The molecule has 0 radical (unpaired) electrons. The standard InChI is InChI=1S/C58H87N7O17/c1-7-10-19-79-47-41(72)13-16-63(22-38(69)25-66)44(47)50(75)59-34-55-28-56(35-60-51(76)45-48(80-20-11-8-2)42(73)14-17-64(45)23-39(70)26-67)30-57(29-55,33-58(31-55,32-56)37-62-53(78)82-54(4,5)6)36-61-52(77)46-49(81-21-12-9-3)43(74)15-18-65(46)24-40(71)27-68/h13-18,38-40,66-71H,7-12,19-37H2,1-6H3,(H,59,75)(H,60,76)(H,61,77)(H,62,78)/t38?,39?,40?,55-,56+,57-,58?. The van der Waals surface area contributed by atoms with Crippen molar-refractivity contribution >= 4 is 23.8 Å². The van der Waals surface area contributed by atoms with Gasteiger partial charge in [-0.2, -0.15) is 0 Å². The second-order valence-electron chi connectivity index (χ2n) is 24.1. The molecule has 3 aromatic rings. The zero-order chi connectivity index (χ0) is 60.0. The van der Waals surface area contributed by atoms with Gasteiger partial charge in [0.25, 0.3) is 17.7 Å². The number of alkyl carbamates (subject to hydrolysis) is 1. The summed E-state index contributed by atoms with van der Waals surface area (Å²) in [7, 11) is 0. The van der Waals surface area contributed by atoms with Crippen molar-refractivity contribution in [1.29, 1.82) is 0 Å². The molecule has 3 unspecified atom stereocenters. The van der Waals surface area contributed by atoms with Crippen LogP contribution in [0.25, 0.3) is 0 Å². The van der Waals surface area contributed by atoms with Crippen LogP contribution in [-0.2, 0) is 24.4 Å². The molecule has 24 nitrogen and oxygen atoms in total. The molecule has 3 aromatic heterocycles. The highest BCUT2D eigenvalue weighted by molar-refractivity contribution is 5.96. The van der Waals surface area contributed by atoms with E-state index in [0.29, 0.717) is 57.8 Å². The third-order valence-electron chi connectivity index (χ3n) is 15.5. The minimum Gasteiger partial charge on any atom is -0.487 e. The number of hydrogen-bond acceptors (Lipinski definition) is 17. The van der Waals surface area contributed by atoms with Crippen LogP contribution in [0.5, 0.6) is 17.2 Å². The van der Waals surface area contributed by atoms with E-state index in [0.717, 1.165) is 19.3 Å². The molecule has 24 heteroatoms. The van der Waals surface area contributed by atoms with Gasteiger partial charge in [0.1, 0.15) is 5.60 Å². The molecule has 0 spiro atoms. The molecule has 10 N–H and O–H groups in total. The molecule has 0 aliphatic heterocycles. The van der Waals surface area contributed by atoms with Gasteiger partial charge in [-0.1, -0.05) is 40.0 Å². The molecular weight excluding hydrogens is 1070 g/mol. The lowest BCUT2D eigenvalue weighted by molar-refractivity contribution is -0.194. The SMILES string of the molecule is CCCCOc1c(C(=O)NC[C@]23CC4(CNC(=O)OC(C)(C)C)C[C@](CNC(=O)c5c(OCCCC)c(=O)ccn5CC(O)CO)(C2)C[C@@](CNC(=O)c2c(OCCCC)c(=O)ccn2CC(O)CO)(C4)C3)n(CC(O)CO)ccc1=O. The Balaban J connectivity index is 1.49. The largest absolute Gasteiger partial charge is 0.487 e. The van der Waals surface area contributed by atoms with Crippen LogP contribution >= 0.6 is 0 Å². The third-order valence-corrected chi connectivity index (χ3v) is 15.5. The second kappa shape index (κ2) is 28.3. The molecule has 4 saturated carbocycles. The van der Waals surface area contributed by atoms with Gasteiger partial charge in [0, 0.05) is 63.0 Å². The fourth-order valence-electron chi connectivity index (χ4n) is 13.0. The van der Waals surface area contributed by atoms with Crippen LogP contribution in [0, 0.1) is 21.7 Å². The molecule has 456 valence electrons. The monoisotopic (exact) mass is 1150 g/mol. The van der Waals surface area contributed by atoms with Crippen molar-refractivity contribution in [2.45, 2.75) is 162 Å². The summed E-state index contributed by atoms with van der Waals surface area (Å²) in [5, 5.41) is 73.7. The summed E-state index contributed by atoms with van der Waals surface area (Å²) >= 11 is 0. The number of rotatable bonds is 32. The summed E-state index contributed by atoms with van der Waals surface area (Å²) < 4.78 is 27.7. The zero-order valence-corrected chi connectivity index (χ0v) is 48.4. The number of hydrogen-bond donors (Lipinski definition) is 10. The van der Waals surface area contributed by atoms with Crippen molar-refractivity contribution in [3.63, 3.8) is 0 Å². The fraction of sp³-hybridized carbons (Fsp3) is 0.672. The number of aromatic nitrogens is 3. The normalized spacial score (nSPS) is 22.0. The Kier molecular flexibility index (Phi) is 22.4. The molecule has 7 rings (SSSR count). The van der Waals surface area contributed by atoms with Gasteiger partial charge in [-0.25, -0.2) is 4.79 Å². The molecule has 3 atom stereocenters. The van der Waals surface area contributed by atoms with Gasteiger partial charge < -0.3 is 84.6 Å². The summed E-state index contributed by atoms with van der Waals surface area (Å²) in [6, 6.07) is 3.64. The van der Waals surface area contributed by atoms with Crippen LogP contribution in [0.4, 0.5) is 4.79 Å². The Morgan fingerprint density at radius 1 is 0.500 bits per heavy atom. The van der Waals surface area contributed by atoms with Crippen molar-refractivity contribution in [1.82, 2.24) is 35.0 Å². The smallest absolute Gasteiger partial charge is 0.407 e. The topological polar surface area (TPSA) is 341 Å². The molecule has 4 fully saturated rings. The number of carbonyl (C=O) groups excluding carboxylic acids is 4. The first-order valence-electron chi connectivity index (χ1n) is 28.7. The van der Waals surface area contributed by atoms with E-state index in [1.807, 2.05) is 20.8 Å². The summed E-state index contributed by atoms with van der Waals surface area (Å²) in [4.78, 5) is 98.9. The minimum absolute atomic E-state index is 0.0507.